The van der Waals surface area contributed by atoms with Crippen molar-refractivity contribution in [1.82, 2.24) is 9.80 Å². The van der Waals surface area contributed by atoms with E-state index >= 15 is 0 Å². The van der Waals surface area contributed by atoms with E-state index in [-0.39, 0.29) is 11.4 Å². The van der Waals surface area contributed by atoms with Crippen LogP contribution in [-0.4, -0.2) is 61.6 Å². The lowest BCUT2D eigenvalue weighted by atomic mass is 9.96. The Bertz CT molecular complexity index is 233. The molecule has 1 aliphatic heterocycles. The van der Waals surface area contributed by atoms with Gasteiger partial charge in [-0.25, -0.2) is 0 Å². The van der Waals surface area contributed by atoms with E-state index in [0.29, 0.717) is 19.6 Å². The molecule has 1 saturated heterocycles. The van der Waals surface area contributed by atoms with Gasteiger partial charge in [-0.15, -0.1) is 0 Å². The van der Waals surface area contributed by atoms with Crippen LogP contribution in [0.5, 0.6) is 0 Å². The van der Waals surface area contributed by atoms with Gasteiger partial charge in [0, 0.05) is 25.0 Å². The predicted octanol–water partition coefficient (Wildman–Crippen LogP) is 0.966. The Morgan fingerprint density at radius 3 is 2.38 bits per heavy atom. The summed E-state index contributed by atoms with van der Waals surface area (Å²) in [6.45, 7) is 7.20. The number of hydrogen-bond acceptors (Lipinski definition) is 3. The molecule has 0 spiro atoms. The van der Waals surface area contributed by atoms with Gasteiger partial charge < -0.3 is 14.5 Å². The first-order chi connectivity index (χ1) is 7.43. The third-order valence-corrected chi connectivity index (χ3v) is 3.53. The third-order valence-electron chi connectivity index (χ3n) is 3.53. The molecule has 0 radical (unpaired) electrons. The molecule has 0 aromatic heterocycles. The number of carbonyl (C=O) groups excluding carboxylic acids is 1. The molecule has 0 aromatic rings. The molecule has 0 bridgehead atoms. The first kappa shape index (κ1) is 13.5. The van der Waals surface area contributed by atoms with E-state index in [4.69, 9.17) is 4.74 Å². The molecule has 0 saturated carbocycles. The second-order valence-electron chi connectivity index (χ2n) is 5.20. The zero-order valence-electron chi connectivity index (χ0n) is 11.0. The summed E-state index contributed by atoms with van der Waals surface area (Å²) in [6.07, 6.45) is 1.53. The minimum absolute atomic E-state index is 0.0853. The smallest absolute Gasteiger partial charge is 0.222 e. The van der Waals surface area contributed by atoms with Crippen molar-refractivity contribution in [3.05, 3.63) is 0 Å². The minimum atomic E-state index is 0.0853. The van der Waals surface area contributed by atoms with Crippen LogP contribution < -0.4 is 0 Å². The Morgan fingerprint density at radius 2 is 1.88 bits per heavy atom. The molecular weight excluding hydrogens is 204 g/mol. The monoisotopic (exact) mass is 228 g/mol. The number of carbonyl (C=O) groups is 1. The number of nitrogens with zero attached hydrogens (tertiary/aromatic N) is 2. The van der Waals surface area contributed by atoms with Crippen LogP contribution in [0.25, 0.3) is 0 Å². The SMILES string of the molecule is CN(C)C(C)(C)CCC(=O)N1CCOCC1. The van der Waals surface area contributed by atoms with Crippen molar-refractivity contribution >= 4 is 5.91 Å². The Labute approximate surface area is 98.5 Å². The van der Waals surface area contributed by atoms with E-state index in [0.717, 1.165) is 19.5 Å². The summed E-state index contributed by atoms with van der Waals surface area (Å²) >= 11 is 0. The molecule has 1 rings (SSSR count). The quantitative estimate of drug-likeness (QED) is 0.718. The summed E-state index contributed by atoms with van der Waals surface area (Å²) in [7, 11) is 4.11. The zero-order valence-corrected chi connectivity index (χ0v) is 11.0. The molecule has 0 aliphatic carbocycles. The Balaban J connectivity index is 2.34. The fourth-order valence-electron chi connectivity index (χ4n) is 1.61. The van der Waals surface area contributed by atoms with Gasteiger partial charge in [-0.2, -0.15) is 0 Å². The van der Waals surface area contributed by atoms with Crippen molar-refractivity contribution in [2.75, 3.05) is 40.4 Å². The van der Waals surface area contributed by atoms with Gasteiger partial charge in [-0.3, -0.25) is 4.79 Å². The highest BCUT2D eigenvalue weighted by Gasteiger charge is 2.24. The van der Waals surface area contributed by atoms with Crippen molar-refractivity contribution in [2.24, 2.45) is 0 Å². The molecule has 4 nitrogen and oxygen atoms in total. The van der Waals surface area contributed by atoms with E-state index in [1.165, 1.54) is 0 Å². The first-order valence-corrected chi connectivity index (χ1v) is 5.96. The summed E-state index contributed by atoms with van der Waals surface area (Å²) in [5.41, 5.74) is 0.0853. The van der Waals surface area contributed by atoms with Crippen LogP contribution in [0.2, 0.25) is 0 Å². The Morgan fingerprint density at radius 1 is 1.31 bits per heavy atom. The maximum Gasteiger partial charge on any atom is 0.222 e. The summed E-state index contributed by atoms with van der Waals surface area (Å²) in [5.74, 6) is 0.262. The van der Waals surface area contributed by atoms with Crippen LogP contribution >= 0.6 is 0 Å². The lowest BCUT2D eigenvalue weighted by Crippen LogP contribution is -2.43. The van der Waals surface area contributed by atoms with Crippen LogP contribution in [0.4, 0.5) is 0 Å². The Kier molecular flexibility index (Phi) is 4.74. The summed E-state index contributed by atoms with van der Waals surface area (Å²) in [6, 6.07) is 0. The number of hydrogen-bond donors (Lipinski definition) is 0. The molecule has 0 unspecified atom stereocenters. The van der Waals surface area contributed by atoms with E-state index in [1.807, 2.05) is 4.90 Å². The van der Waals surface area contributed by atoms with Gasteiger partial charge in [0.2, 0.25) is 5.91 Å². The number of morpholine rings is 1. The van der Waals surface area contributed by atoms with Crippen molar-refractivity contribution in [2.45, 2.75) is 32.2 Å². The van der Waals surface area contributed by atoms with Gasteiger partial charge in [0.15, 0.2) is 0 Å². The lowest BCUT2D eigenvalue weighted by molar-refractivity contribution is -0.135. The van der Waals surface area contributed by atoms with Crippen molar-refractivity contribution in [3.8, 4) is 0 Å². The fourth-order valence-corrected chi connectivity index (χ4v) is 1.61. The zero-order chi connectivity index (χ0) is 12.2. The molecule has 0 N–H and O–H groups in total. The highest BCUT2D eigenvalue weighted by atomic mass is 16.5. The largest absolute Gasteiger partial charge is 0.378 e. The number of ether oxygens (including phenoxy) is 1. The van der Waals surface area contributed by atoms with E-state index < -0.39 is 0 Å². The van der Waals surface area contributed by atoms with E-state index in [2.05, 4.69) is 32.8 Å². The summed E-state index contributed by atoms with van der Waals surface area (Å²) in [5, 5.41) is 0. The van der Waals surface area contributed by atoms with Gasteiger partial charge in [0.1, 0.15) is 0 Å². The topological polar surface area (TPSA) is 32.8 Å². The first-order valence-electron chi connectivity index (χ1n) is 5.96. The molecule has 4 heteroatoms. The highest BCUT2D eigenvalue weighted by Crippen LogP contribution is 2.18. The second-order valence-corrected chi connectivity index (χ2v) is 5.20. The second kappa shape index (κ2) is 5.64. The molecule has 1 heterocycles. The van der Waals surface area contributed by atoms with Crippen LogP contribution in [0.15, 0.2) is 0 Å². The number of rotatable bonds is 4. The Hall–Kier alpha value is -0.610. The third kappa shape index (κ3) is 3.76. The van der Waals surface area contributed by atoms with Crippen LogP contribution in [0.1, 0.15) is 26.7 Å². The standard InChI is InChI=1S/C12H24N2O2/c1-12(2,13(3)4)6-5-11(15)14-7-9-16-10-8-14/h5-10H2,1-4H3. The van der Waals surface area contributed by atoms with E-state index in [1.54, 1.807) is 0 Å². The van der Waals surface area contributed by atoms with Crippen LogP contribution in [0.3, 0.4) is 0 Å². The maximum absolute atomic E-state index is 11.9. The highest BCUT2D eigenvalue weighted by molar-refractivity contribution is 5.76. The molecule has 94 valence electrons. The molecule has 0 atom stereocenters. The summed E-state index contributed by atoms with van der Waals surface area (Å²) in [4.78, 5) is 16.0. The van der Waals surface area contributed by atoms with Gasteiger partial charge in [-0.05, 0) is 34.4 Å². The lowest BCUT2D eigenvalue weighted by Gasteiger charge is -2.34. The molecule has 1 amide bonds. The normalized spacial score (nSPS) is 17.9. The average molecular weight is 228 g/mol. The molecule has 0 aromatic carbocycles. The van der Waals surface area contributed by atoms with Gasteiger partial charge in [0.05, 0.1) is 13.2 Å². The average Bonchev–Trinajstić information content (AvgIpc) is 2.27. The predicted molar refractivity (Wildman–Crippen MR) is 64.4 cm³/mol. The minimum Gasteiger partial charge on any atom is -0.378 e. The van der Waals surface area contributed by atoms with Crippen molar-refractivity contribution in [3.63, 3.8) is 0 Å². The van der Waals surface area contributed by atoms with Gasteiger partial charge in [0.25, 0.3) is 0 Å². The van der Waals surface area contributed by atoms with Crippen LogP contribution in [-0.2, 0) is 9.53 Å². The van der Waals surface area contributed by atoms with Crippen molar-refractivity contribution in [1.29, 1.82) is 0 Å². The van der Waals surface area contributed by atoms with Crippen molar-refractivity contribution < 1.29 is 9.53 Å². The molecule has 1 aliphatic rings. The fraction of sp³-hybridized carbons (Fsp3) is 0.917. The maximum atomic E-state index is 11.9. The molecular formula is C12H24N2O2. The number of amides is 1. The van der Waals surface area contributed by atoms with Gasteiger partial charge in [-0.1, -0.05) is 0 Å². The summed E-state index contributed by atoms with van der Waals surface area (Å²) < 4.78 is 5.23. The van der Waals surface area contributed by atoms with Crippen LogP contribution in [0, 0.1) is 0 Å². The van der Waals surface area contributed by atoms with E-state index in [9.17, 15) is 4.79 Å². The molecule has 16 heavy (non-hydrogen) atoms. The molecule has 1 fully saturated rings. The van der Waals surface area contributed by atoms with Gasteiger partial charge >= 0.3 is 0 Å².